The van der Waals surface area contributed by atoms with E-state index >= 15 is 0 Å². The summed E-state index contributed by atoms with van der Waals surface area (Å²) < 4.78 is 11.1. The van der Waals surface area contributed by atoms with E-state index in [0.717, 1.165) is 50.4 Å². The quantitative estimate of drug-likeness (QED) is 0.741. The van der Waals surface area contributed by atoms with E-state index in [0.29, 0.717) is 6.61 Å². The molecule has 1 atom stereocenters. The van der Waals surface area contributed by atoms with Crippen LogP contribution in [-0.2, 0) is 13.0 Å². The molecule has 1 heterocycles. The molecule has 0 unspecified atom stereocenters. The number of ether oxygens (including phenoxy) is 2. The van der Waals surface area contributed by atoms with Crippen LogP contribution >= 0.6 is 0 Å². The number of piperidine rings is 1. The van der Waals surface area contributed by atoms with Gasteiger partial charge in [-0.1, -0.05) is 30.3 Å². The molecule has 1 N–H and O–H groups in total. The van der Waals surface area contributed by atoms with Crippen LogP contribution in [0.15, 0.2) is 42.5 Å². The molecule has 1 fully saturated rings. The lowest BCUT2D eigenvalue weighted by Gasteiger charge is -2.42. The van der Waals surface area contributed by atoms with Crippen molar-refractivity contribution in [1.82, 2.24) is 4.90 Å². The van der Waals surface area contributed by atoms with Crippen molar-refractivity contribution in [2.45, 2.75) is 39.7 Å². The SMILES string of the molecule is CCOc1cc(CN2CCC[C@@](CO)(Cc3ccccc3C)C2)ccc1OC. The van der Waals surface area contributed by atoms with Crippen molar-refractivity contribution in [3.05, 3.63) is 59.2 Å². The van der Waals surface area contributed by atoms with E-state index in [1.807, 2.05) is 13.0 Å². The molecule has 152 valence electrons. The summed E-state index contributed by atoms with van der Waals surface area (Å²) in [6.07, 6.45) is 3.11. The predicted octanol–water partition coefficient (Wildman–Crippen LogP) is 4.22. The van der Waals surface area contributed by atoms with Crippen LogP contribution in [0.3, 0.4) is 0 Å². The number of benzene rings is 2. The topological polar surface area (TPSA) is 41.9 Å². The minimum Gasteiger partial charge on any atom is -0.493 e. The Morgan fingerprint density at radius 3 is 2.68 bits per heavy atom. The zero-order chi connectivity index (χ0) is 20.0. The maximum absolute atomic E-state index is 10.3. The van der Waals surface area contributed by atoms with Crippen LogP contribution in [-0.4, -0.2) is 43.4 Å². The van der Waals surface area contributed by atoms with Gasteiger partial charge in [0.2, 0.25) is 0 Å². The highest BCUT2D eigenvalue weighted by Gasteiger charge is 2.35. The van der Waals surface area contributed by atoms with Crippen LogP contribution in [0.2, 0.25) is 0 Å². The number of methoxy groups -OCH3 is 1. The fourth-order valence-electron chi connectivity index (χ4n) is 4.33. The minimum absolute atomic E-state index is 0.0699. The lowest BCUT2D eigenvalue weighted by Crippen LogP contribution is -2.46. The second-order valence-corrected chi connectivity index (χ2v) is 7.99. The van der Waals surface area contributed by atoms with E-state index < -0.39 is 0 Å². The summed E-state index contributed by atoms with van der Waals surface area (Å²) in [5.41, 5.74) is 3.80. The smallest absolute Gasteiger partial charge is 0.161 e. The van der Waals surface area contributed by atoms with E-state index in [9.17, 15) is 5.11 Å². The van der Waals surface area contributed by atoms with Gasteiger partial charge >= 0.3 is 0 Å². The molecule has 1 aliphatic rings. The molecule has 28 heavy (non-hydrogen) atoms. The largest absolute Gasteiger partial charge is 0.493 e. The molecule has 2 aromatic carbocycles. The van der Waals surface area contributed by atoms with Crippen LogP contribution in [0.4, 0.5) is 0 Å². The Kier molecular flexibility index (Phi) is 6.97. The standard InChI is InChI=1S/C24H33NO3/c1-4-28-23-14-20(10-11-22(23)27-3)16-25-13-7-12-24(17-25,18-26)15-21-9-6-5-8-19(21)2/h5-6,8-11,14,26H,4,7,12-13,15-18H2,1-3H3/t24-/m1/s1. The average molecular weight is 384 g/mol. The molecule has 4 heteroatoms. The van der Waals surface area contributed by atoms with Crippen molar-refractivity contribution in [3.8, 4) is 11.5 Å². The number of likely N-dealkylation sites (tertiary alicyclic amines) is 1. The monoisotopic (exact) mass is 383 g/mol. The van der Waals surface area contributed by atoms with Crippen molar-refractivity contribution in [2.24, 2.45) is 5.41 Å². The van der Waals surface area contributed by atoms with Crippen LogP contribution in [0.5, 0.6) is 11.5 Å². The molecule has 0 radical (unpaired) electrons. The van der Waals surface area contributed by atoms with Gasteiger partial charge in [-0.05, 0) is 68.5 Å². The molecule has 1 aliphatic heterocycles. The van der Waals surface area contributed by atoms with Gasteiger partial charge in [0.25, 0.3) is 0 Å². The highest BCUT2D eigenvalue weighted by atomic mass is 16.5. The van der Waals surface area contributed by atoms with E-state index in [1.165, 1.54) is 16.7 Å². The summed E-state index contributed by atoms with van der Waals surface area (Å²) >= 11 is 0. The molecule has 0 aromatic heterocycles. The summed E-state index contributed by atoms with van der Waals surface area (Å²) in [6, 6.07) is 14.7. The third-order valence-corrected chi connectivity index (χ3v) is 5.84. The normalized spacial score (nSPS) is 20.1. The second kappa shape index (κ2) is 9.44. The fraction of sp³-hybridized carbons (Fsp3) is 0.500. The van der Waals surface area contributed by atoms with Crippen LogP contribution in [0, 0.1) is 12.3 Å². The van der Waals surface area contributed by atoms with Gasteiger partial charge < -0.3 is 14.6 Å². The number of aryl methyl sites for hydroxylation is 1. The van der Waals surface area contributed by atoms with E-state index in [-0.39, 0.29) is 12.0 Å². The number of nitrogens with zero attached hydrogens (tertiary/aromatic N) is 1. The second-order valence-electron chi connectivity index (χ2n) is 7.99. The maximum atomic E-state index is 10.3. The molecule has 4 nitrogen and oxygen atoms in total. The highest BCUT2D eigenvalue weighted by molar-refractivity contribution is 5.43. The van der Waals surface area contributed by atoms with E-state index in [2.05, 4.69) is 48.2 Å². The van der Waals surface area contributed by atoms with Gasteiger partial charge in [-0.2, -0.15) is 0 Å². The molecule has 3 rings (SSSR count). The van der Waals surface area contributed by atoms with Gasteiger partial charge in [-0.25, -0.2) is 0 Å². The van der Waals surface area contributed by atoms with Crippen LogP contribution in [0.1, 0.15) is 36.5 Å². The van der Waals surface area contributed by atoms with E-state index in [1.54, 1.807) is 7.11 Å². The summed E-state index contributed by atoms with van der Waals surface area (Å²) in [5.74, 6) is 1.57. The first-order chi connectivity index (χ1) is 13.6. The zero-order valence-electron chi connectivity index (χ0n) is 17.4. The number of hydrogen-bond donors (Lipinski definition) is 1. The number of hydrogen-bond acceptors (Lipinski definition) is 4. The Labute approximate surface area is 169 Å². The van der Waals surface area contributed by atoms with Gasteiger partial charge in [-0.15, -0.1) is 0 Å². The maximum Gasteiger partial charge on any atom is 0.161 e. The number of rotatable bonds is 8. The predicted molar refractivity (Wildman–Crippen MR) is 113 cm³/mol. The fourth-order valence-corrected chi connectivity index (χ4v) is 4.33. The summed E-state index contributed by atoms with van der Waals surface area (Å²) in [5, 5.41) is 10.3. The van der Waals surface area contributed by atoms with Crippen molar-refractivity contribution < 1.29 is 14.6 Å². The Morgan fingerprint density at radius 1 is 1.14 bits per heavy atom. The molecular formula is C24H33NO3. The van der Waals surface area contributed by atoms with Gasteiger partial charge in [-0.3, -0.25) is 4.90 Å². The summed E-state index contributed by atoms with van der Waals surface area (Å²) in [6.45, 7) is 7.82. The first kappa shape index (κ1) is 20.7. The van der Waals surface area contributed by atoms with Crippen LogP contribution in [0.25, 0.3) is 0 Å². The minimum atomic E-state index is -0.0699. The highest BCUT2D eigenvalue weighted by Crippen LogP contribution is 2.35. The molecule has 0 aliphatic carbocycles. The van der Waals surface area contributed by atoms with Crippen molar-refractivity contribution in [2.75, 3.05) is 33.4 Å². The molecule has 0 bridgehead atoms. The first-order valence-electron chi connectivity index (χ1n) is 10.3. The van der Waals surface area contributed by atoms with Gasteiger partial charge in [0, 0.05) is 18.5 Å². The van der Waals surface area contributed by atoms with Crippen LogP contribution < -0.4 is 9.47 Å². The zero-order valence-corrected chi connectivity index (χ0v) is 17.4. The molecule has 0 amide bonds. The molecule has 0 spiro atoms. The molecular weight excluding hydrogens is 350 g/mol. The summed E-state index contributed by atoms with van der Waals surface area (Å²) in [4.78, 5) is 2.47. The van der Waals surface area contributed by atoms with Gasteiger partial charge in [0.15, 0.2) is 11.5 Å². The Morgan fingerprint density at radius 2 is 1.96 bits per heavy atom. The summed E-state index contributed by atoms with van der Waals surface area (Å²) in [7, 11) is 1.67. The van der Waals surface area contributed by atoms with Gasteiger partial charge in [0.05, 0.1) is 20.3 Å². The first-order valence-corrected chi connectivity index (χ1v) is 10.3. The third kappa shape index (κ3) is 4.86. The molecule has 2 aromatic rings. The lowest BCUT2D eigenvalue weighted by atomic mass is 9.75. The Bertz CT molecular complexity index is 776. The van der Waals surface area contributed by atoms with Crippen molar-refractivity contribution in [1.29, 1.82) is 0 Å². The Balaban J connectivity index is 1.73. The lowest BCUT2D eigenvalue weighted by molar-refractivity contribution is 0.0287. The number of aliphatic hydroxyl groups is 1. The Hall–Kier alpha value is -2.04. The van der Waals surface area contributed by atoms with Gasteiger partial charge in [0.1, 0.15) is 0 Å². The number of aliphatic hydroxyl groups excluding tert-OH is 1. The molecule has 0 saturated carbocycles. The van der Waals surface area contributed by atoms with Crippen molar-refractivity contribution >= 4 is 0 Å². The third-order valence-electron chi connectivity index (χ3n) is 5.84. The van der Waals surface area contributed by atoms with Crippen molar-refractivity contribution in [3.63, 3.8) is 0 Å². The average Bonchev–Trinajstić information content (AvgIpc) is 2.71. The molecule has 1 saturated heterocycles. The van der Waals surface area contributed by atoms with E-state index in [4.69, 9.17) is 9.47 Å².